The number of ether oxygens (including phenoxy) is 2. The zero-order valence-corrected chi connectivity index (χ0v) is 9.40. The summed E-state index contributed by atoms with van der Waals surface area (Å²) in [7, 11) is 0. The minimum absolute atomic E-state index is 0.247. The van der Waals surface area contributed by atoms with Gasteiger partial charge in [0.1, 0.15) is 0 Å². The number of aliphatic carboxylic acids is 1. The minimum atomic E-state index is -0.950. The molecule has 1 heterocycles. The molecule has 0 spiro atoms. The summed E-state index contributed by atoms with van der Waals surface area (Å²) in [5.41, 5.74) is 1.93. The van der Waals surface area contributed by atoms with E-state index in [-0.39, 0.29) is 6.79 Å². The van der Waals surface area contributed by atoms with Gasteiger partial charge in [0, 0.05) is 24.4 Å². The van der Waals surface area contributed by atoms with Crippen LogP contribution in [0.15, 0.2) is 24.3 Å². The lowest BCUT2D eigenvalue weighted by atomic mass is 10.1. The number of hydrogen-bond acceptors (Lipinski definition) is 4. The molecule has 2 rings (SSSR count). The molecule has 2 N–H and O–H groups in total. The van der Waals surface area contributed by atoms with Crippen molar-refractivity contribution >= 4 is 11.7 Å². The van der Waals surface area contributed by atoms with Gasteiger partial charge in [0.2, 0.25) is 6.79 Å². The maximum atomic E-state index is 10.3. The Morgan fingerprint density at radius 3 is 2.88 bits per heavy atom. The highest BCUT2D eigenvalue weighted by atomic mass is 16.7. The van der Waals surface area contributed by atoms with Gasteiger partial charge >= 0.3 is 5.97 Å². The lowest BCUT2D eigenvalue weighted by molar-refractivity contribution is -0.131. The number of carboxylic acids is 1. The van der Waals surface area contributed by atoms with E-state index < -0.39 is 5.97 Å². The molecule has 0 radical (unpaired) electrons. The van der Waals surface area contributed by atoms with Crippen LogP contribution >= 0.6 is 0 Å². The van der Waals surface area contributed by atoms with Gasteiger partial charge in [0.15, 0.2) is 11.5 Å². The van der Waals surface area contributed by atoms with Crippen molar-refractivity contribution in [2.24, 2.45) is 0 Å². The van der Waals surface area contributed by atoms with Gasteiger partial charge in [-0.2, -0.15) is 0 Å². The van der Waals surface area contributed by atoms with Gasteiger partial charge in [-0.05, 0) is 18.6 Å². The van der Waals surface area contributed by atoms with Crippen LogP contribution in [0.5, 0.6) is 11.5 Å². The Kier molecular flexibility index (Phi) is 3.18. The minimum Gasteiger partial charge on any atom is -0.478 e. The van der Waals surface area contributed by atoms with E-state index in [9.17, 15) is 4.79 Å². The predicted octanol–water partition coefficient (Wildman–Crippen LogP) is 1.78. The quantitative estimate of drug-likeness (QED) is 0.778. The molecule has 1 aromatic carbocycles. The number of fused-ring (bicyclic) bond motifs is 1. The van der Waals surface area contributed by atoms with E-state index in [4.69, 9.17) is 14.6 Å². The Morgan fingerprint density at radius 2 is 2.18 bits per heavy atom. The molecular formula is C12H13NO4. The van der Waals surface area contributed by atoms with Crippen molar-refractivity contribution in [1.82, 2.24) is 0 Å². The molecule has 1 aromatic rings. The van der Waals surface area contributed by atoms with Crippen LogP contribution in [-0.2, 0) is 4.79 Å². The molecule has 0 saturated heterocycles. The molecule has 0 bridgehead atoms. The standard InChI is InChI=1S/C12H13NO4/c1-8-5-10-11(17-7-16-10)6-9(8)13-4-2-3-12(14)15/h2-3,5-6,13H,4,7H2,1H3,(H,14,15)/b3-2+. The molecule has 0 saturated carbocycles. The van der Waals surface area contributed by atoms with Crippen molar-refractivity contribution < 1.29 is 19.4 Å². The van der Waals surface area contributed by atoms with Crippen molar-refractivity contribution in [3.8, 4) is 11.5 Å². The van der Waals surface area contributed by atoms with Gasteiger partial charge in [0.25, 0.3) is 0 Å². The molecule has 0 amide bonds. The van der Waals surface area contributed by atoms with Gasteiger partial charge in [-0.15, -0.1) is 0 Å². The van der Waals surface area contributed by atoms with Crippen LogP contribution < -0.4 is 14.8 Å². The highest BCUT2D eigenvalue weighted by Crippen LogP contribution is 2.36. The van der Waals surface area contributed by atoms with E-state index in [1.807, 2.05) is 19.1 Å². The molecule has 0 unspecified atom stereocenters. The Balaban J connectivity index is 2.04. The molecular weight excluding hydrogens is 222 g/mol. The molecule has 1 aliphatic heterocycles. The fraction of sp³-hybridized carbons (Fsp3) is 0.250. The SMILES string of the molecule is Cc1cc2c(cc1NC/C=C/C(=O)O)OCO2. The highest BCUT2D eigenvalue weighted by molar-refractivity contribution is 5.79. The first-order chi connectivity index (χ1) is 8.16. The molecule has 1 aliphatic rings. The van der Waals surface area contributed by atoms with E-state index in [1.165, 1.54) is 0 Å². The number of nitrogens with one attached hydrogen (secondary N) is 1. The van der Waals surface area contributed by atoms with Crippen LogP contribution in [0.1, 0.15) is 5.56 Å². The van der Waals surface area contributed by atoms with Gasteiger partial charge < -0.3 is 19.9 Å². The van der Waals surface area contributed by atoms with Gasteiger partial charge in [-0.25, -0.2) is 4.79 Å². The molecule has 17 heavy (non-hydrogen) atoms. The predicted molar refractivity (Wildman–Crippen MR) is 62.6 cm³/mol. The molecule has 90 valence electrons. The molecule has 5 nitrogen and oxygen atoms in total. The van der Waals surface area contributed by atoms with E-state index in [2.05, 4.69) is 5.32 Å². The summed E-state index contributed by atoms with van der Waals surface area (Å²) >= 11 is 0. The molecule has 5 heteroatoms. The maximum absolute atomic E-state index is 10.3. The highest BCUT2D eigenvalue weighted by Gasteiger charge is 2.15. The van der Waals surface area contributed by atoms with E-state index >= 15 is 0 Å². The number of rotatable bonds is 4. The normalized spacial score (nSPS) is 13.0. The van der Waals surface area contributed by atoms with E-state index in [1.54, 1.807) is 6.08 Å². The van der Waals surface area contributed by atoms with Crippen molar-refractivity contribution in [1.29, 1.82) is 0 Å². The van der Waals surface area contributed by atoms with Crippen molar-refractivity contribution in [2.45, 2.75) is 6.92 Å². The number of aryl methyl sites for hydroxylation is 1. The summed E-state index contributed by atoms with van der Waals surface area (Å²) in [6.45, 7) is 2.65. The fourth-order valence-corrected chi connectivity index (χ4v) is 1.56. The average Bonchev–Trinajstić information content (AvgIpc) is 2.71. The van der Waals surface area contributed by atoms with Crippen LogP contribution in [-0.4, -0.2) is 24.4 Å². The second-order valence-electron chi connectivity index (χ2n) is 3.64. The average molecular weight is 235 g/mol. The number of carboxylic acid groups (broad SMARTS) is 1. The van der Waals surface area contributed by atoms with Crippen LogP contribution in [0.25, 0.3) is 0 Å². The Labute approximate surface area is 98.7 Å². The Bertz CT molecular complexity index is 468. The van der Waals surface area contributed by atoms with Crippen LogP contribution in [0.3, 0.4) is 0 Å². The number of hydrogen-bond donors (Lipinski definition) is 2. The third-order valence-electron chi connectivity index (χ3n) is 2.39. The summed E-state index contributed by atoms with van der Waals surface area (Å²) in [5, 5.41) is 11.6. The van der Waals surface area contributed by atoms with E-state index in [0.29, 0.717) is 12.3 Å². The van der Waals surface area contributed by atoms with Crippen LogP contribution in [0.2, 0.25) is 0 Å². The van der Waals surface area contributed by atoms with E-state index in [0.717, 1.165) is 23.1 Å². The topological polar surface area (TPSA) is 67.8 Å². The molecule has 0 aliphatic carbocycles. The second-order valence-corrected chi connectivity index (χ2v) is 3.64. The summed E-state index contributed by atoms with van der Waals surface area (Å²) in [6, 6.07) is 3.75. The third-order valence-corrected chi connectivity index (χ3v) is 2.39. The van der Waals surface area contributed by atoms with Crippen LogP contribution in [0.4, 0.5) is 5.69 Å². The third kappa shape index (κ3) is 2.69. The van der Waals surface area contributed by atoms with Gasteiger partial charge in [-0.1, -0.05) is 6.08 Å². The lowest BCUT2D eigenvalue weighted by Crippen LogP contribution is -2.01. The number of anilines is 1. The summed E-state index contributed by atoms with van der Waals surface area (Å²) in [4.78, 5) is 10.3. The Morgan fingerprint density at radius 1 is 1.47 bits per heavy atom. The van der Waals surface area contributed by atoms with Gasteiger partial charge in [0.05, 0.1) is 0 Å². The molecule has 0 atom stereocenters. The lowest BCUT2D eigenvalue weighted by Gasteiger charge is -2.08. The Hall–Kier alpha value is -2.17. The summed E-state index contributed by atoms with van der Waals surface area (Å²) in [5.74, 6) is 0.503. The maximum Gasteiger partial charge on any atom is 0.328 e. The largest absolute Gasteiger partial charge is 0.478 e. The second kappa shape index (κ2) is 4.78. The zero-order chi connectivity index (χ0) is 12.3. The monoisotopic (exact) mass is 235 g/mol. The van der Waals surface area contributed by atoms with Crippen molar-refractivity contribution in [3.05, 3.63) is 29.8 Å². The zero-order valence-electron chi connectivity index (χ0n) is 9.40. The summed E-state index contributed by atoms with van der Waals surface area (Å²) in [6.07, 6.45) is 2.65. The number of benzene rings is 1. The summed E-state index contributed by atoms with van der Waals surface area (Å²) < 4.78 is 10.5. The van der Waals surface area contributed by atoms with Crippen LogP contribution in [0, 0.1) is 6.92 Å². The smallest absolute Gasteiger partial charge is 0.328 e. The fourth-order valence-electron chi connectivity index (χ4n) is 1.56. The van der Waals surface area contributed by atoms with Crippen molar-refractivity contribution in [3.63, 3.8) is 0 Å². The molecule has 0 fully saturated rings. The number of carbonyl (C=O) groups is 1. The first kappa shape index (κ1) is 11.3. The molecule has 0 aromatic heterocycles. The van der Waals surface area contributed by atoms with Gasteiger partial charge in [-0.3, -0.25) is 0 Å². The van der Waals surface area contributed by atoms with Crippen molar-refractivity contribution in [2.75, 3.05) is 18.7 Å². The first-order valence-corrected chi connectivity index (χ1v) is 5.20. The first-order valence-electron chi connectivity index (χ1n) is 5.20.